The zero-order chi connectivity index (χ0) is 36.1. The average Bonchev–Trinajstić information content (AvgIpc) is 3.08. The van der Waals surface area contributed by atoms with Gasteiger partial charge >= 0.3 is 19.8 Å². The highest BCUT2D eigenvalue weighted by Crippen LogP contribution is 2.43. The Balaban J connectivity index is 4.29. The van der Waals surface area contributed by atoms with Crippen molar-refractivity contribution >= 4 is 19.8 Å². The van der Waals surface area contributed by atoms with Gasteiger partial charge in [0.15, 0.2) is 6.10 Å². The number of rotatable bonds is 34. The SMILES string of the molecule is CC/C=C/C/C=C/C/C=C/C/C=C/C/C=C/CCCCCC(=O)O[C@H](COC(=O)CCCCCCCCCCC)COP(=O)(O)OCCN. The standard InChI is InChI=1S/C39H68NO8P/c1-3-5-7-9-11-13-14-15-16-17-18-19-20-21-22-24-26-28-30-32-39(42)48-37(36-47-49(43,44)46-34-33-40)35-45-38(41)31-29-27-25-23-12-10-8-6-4-2/h5,7,11,13,15-16,18-19,21-22,37H,3-4,6,8-10,12,14,17,20,23-36,40H2,1-2H3,(H,43,44)/b7-5+,13-11+,16-15+,19-18+,22-21+/t37-/m1/s1. The van der Waals surface area contributed by atoms with Crippen LogP contribution in [0.25, 0.3) is 0 Å². The Morgan fingerprint density at radius 3 is 1.67 bits per heavy atom. The van der Waals surface area contributed by atoms with Crippen LogP contribution in [-0.4, -0.2) is 49.3 Å². The minimum Gasteiger partial charge on any atom is -0.462 e. The lowest BCUT2D eigenvalue weighted by molar-refractivity contribution is -0.161. The van der Waals surface area contributed by atoms with Crippen LogP contribution < -0.4 is 5.73 Å². The molecule has 0 aliphatic heterocycles. The third-order valence-electron chi connectivity index (χ3n) is 7.42. The molecule has 0 amide bonds. The molecular formula is C39H68NO8P. The number of carbonyl (C=O) groups is 2. The number of allylic oxidation sites excluding steroid dienone is 10. The van der Waals surface area contributed by atoms with E-state index in [4.69, 9.17) is 24.3 Å². The first-order chi connectivity index (χ1) is 23.8. The molecule has 2 atom stereocenters. The van der Waals surface area contributed by atoms with E-state index in [9.17, 15) is 19.0 Å². The molecule has 0 saturated heterocycles. The maximum atomic E-state index is 12.5. The number of hydrogen-bond donors (Lipinski definition) is 2. The van der Waals surface area contributed by atoms with Crippen LogP contribution in [0.1, 0.15) is 142 Å². The molecule has 0 bridgehead atoms. The summed E-state index contributed by atoms with van der Waals surface area (Å²) in [6, 6.07) is 0. The van der Waals surface area contributed by atoms with Gasteiger partial charge in [0, 0.05) is 19.4 Å². The topological polar surface area (TPSA) is 134 Å². The van der Waals surface area contributed by atoms with Gasteiger partial charge in [-0.3, -0.25) is 18.6 Å². The average molecular weight is 710 g/mol. The first kappa shape index (κ1) is 46.7. The molecule has 10 heteroatoms. The highest BCUT2D eigenvalue weighted by molar-refractivity contribution is 7.47. The second-order valence-electron chi connectivity index (χ2n) is 12.1. The van der Waals surface area contributed by atoms with Crippen molar-refractivity contribution in [3.05, 3.63) is 60.8 Å². The number of ether oxygens (including phenoxy) is 2. The summed E-state index contributed by atoms with van der Waals surface area (Å²) in [5.74, 6) is -0.875. The largest absolute Gasteiger partial charge is 0.472 e. The Morgan fingerprint density at radius 2 is 1.12 bits per heavy atom. The molecule has 0 saturated carbocycles. The summed E-state index contributed by atoms with van der Waals surface area (Å²) in [7, 11) is -4.38. The summed E-state index contributed by atoms with van der Waals surface area (Å²) in [4.78, 5) is 34.6. The van der Waals surface area contributed by atoms with Gasteiger partial charge in [-0.15, -0.1) is 0 Å². The predicted octanol–water partition coefficient (Wildman–Crippen LogP) is 10.2. The monoisotopic (exact) mass is 709 g/mol. The van der Waals surface area contributed by atoms with Crippen LogP contribution in [-0.2, 0) is 32.7 Å². The predicted molar refractivity (Wildman–Crippen MR) is 201 cm³/mol. The number of phosphoric acid groups is 1. The summed E-state index contributed by atoms with van der Waals surface area (Å²) in [5.41, 5.74) is 5.32. The normalized spacial score (nSPS) is 14.1. The van der Waals surface area contributed by atoms with Crippen molar-refractivity contribution in [1.82, 2.24) is 0 Å². The van der Waals surface area contributed by atoms with Gasteiger partial charge in [0.25, 0.3) is 0 Å². The fraction of sp³-hybridized carbons (Fsp3) is 0.692. The second kappa shape index (κ2) is 35.5. The van der Waals surface area contributed by atoms with Crippen LogP contribution in [0.2, 0.25) is 0 Å². The number of esters is 2. The molecule has 3 N–H and O–H groups in total. The van der Waals surface area contributed by atoms with Crippen LogP contribution in [0.15, 0.2) is 60.8 Å². The van der Waals surface area contributed by atoms with Gasteiger partial charge in [-0.1, -0.05) is 132 Å². The van der Waals surface area contributed by atoms with Crippen LogP contribution in [0, 0.1) is 0 Å². The molecule has 0 aliphatic carbocycles. The summed E-state index contributed by atoms with van der Waals surface area (Å²) < 4.78 is 32.5. The van der Waals surface area contributed by atoms with Gasteiger partial charge in [-0.2, -0.15) is 0 Å². The van der Waals surface area contributed by atoms with Crippen molar-refractivity contribution in [3.63, 3.8) is 0 Å². The molecule has 0 aromatic rings. The minimum absolute atomic E-state index is 0.0455. The van der Waals surface area contributed by atoms with E-state index in [0.29, 0.717) is 6.42 Å². The highest BCUT2D eigenvalue weighted by atomic mass is 31.2. The van der Waals surface area contributed by atoms with Gasteiger partial charge in [-0.05, 0) is 57.8 Å². The minimum atomic E-state index is -4.38. The second-order valence-corrected chi connectivity index (χ2v) is 13.5. The van der Waals surface area contributed by atoms with E-state index < -0.39 is 32.5 Å². The zero-order valence-corrected chi connectivity index (χ0v) is 31.5. The van der Waals surface area contributed by atoms with E-state index in [1.165, 1.54) is 38.5 Å². The fourth-order valence-corrected chi connectivity index (χ4v) is 5.42. The van der Waals surface area contributed by atoms with Gasteiger partial charge in [0.1, 0.15) is 6.61 Å². The van der Waals surface area contributed by atoms with Crippen molar-refractivity contribution in [2.45, 2.75) is 148 Å². The first-order valence-corrected chi connectivity index (χ1v) is 20.3. The number of phosphoric ester groups is 1. The molecule has 0 rings (SSSR count). The maximum absolute atomic E-state index is 12.5. The van der Waals surface area contributed by atoms with Gasteiger partial charge in [-0.25, -0.2) is 4.57 Å². The van der Waals surface area contributed by atoms with E-state index in [1.54, 1.807) is 0 Å². The lowest BCUT2D eigenvalue weighted by atomic mass is 10.1. The molecule has 282 valence electrons. The summed E-state index contributed by atoms with van der Waals surface area (Å²) in [6.45, 7) is 3.52. The van der Waals surface area contributed by atoms with Crippen LogP contribution >= 0.6 is 7.82 Å². The Morgan fingerprint density at radius 1 is 0.633 bits per heavy atom. The summed E-state index contributed by atoms with van der Waals surface area (Å²) >= 11 is 0. The van der Waals surface area contributed by atoms with E-state index in [2.05, 4.69) is 74.6 Å². The van der Waals surface area contributed by atoms with Crippen molar-refractivity contribution in [2.75, 3.05) is 26.4 Å². The van der Waals surface area contributed by atoms with Crippen LogP contribution in [0.3, 0.4) is 0 Å². The summed E-state index contributed by atoms with van der Waals surface area (Å²) in [5, 5.41) is 0. The van der Waals surface area contributed by atoms with Crippen molar-refractivity contribution in [3.8, 4) is 0 Å². The number of carbonyl (C=O) groups excluding carboxylic acids is 2. The van der Waals surface area contributed by atoms with E-state index >= 15 is 0 Å². The molecule has 0 radical (unpaired) electrons. The van der Waals surface area contributed by atoms with Crippen molar-refractivity contribution in [1.29, 1.82) is 0 Å². The summed E-state index contributed by atoms with van der Waals surface area (Å²) in [6.07, 6.45) is 39.7. The molecule has 1 unspecified atom stereocenters. The number of hydrogen-bond acceptors (Lipinski definition) is 8. The molecule has 0 aliphatic rings. The van der Waals surface area contributed by atoms with Gasteiger partial charge < -0.3 is 20.1 Å². The number of unbranched alkanes of at least 4 members (excludes halogenated alkanes) is 11. The molecule has 9 nitrogen and oxygen atoms in total. The lowest BCUT2D eigenvalue weighted by Gasteiger charge is -2.19. The Hall–Kier alpha value is -2.29. The Bertz CT molecular complexity index is 992. The number of nitrogens with two attached hydrogens (primary N) is 1. The quantitative estimate of drug-likeness (QED) is 0.0290. The third-order valence-corrected chi connectivity index (χ3v) is 8.40. The zero-order valence-electron chi connectivity index (χ0n) is 30.7. The molecular weight excluding hydrogens is 641 g/mol. The van der Waals surface area contributed by atoms with Crippen molar-refractivity contribution in [2.24, 2.45) is 5.73 Å². The third kappa shape index (κ3) is 35.3. The Kier molecular flexibility index (Phi) is 33.9. The Labute approximate surface area is 298 Å². The van der Waals surface area contributed by atoms with Gasteiger partial charge in [0.05, 0.1) is 13.2 Å². The molecule has 0 fully saturated rings. The molecule has 0 spiro atoms. The molecule has 0 aromatic heterocycles. The lowest BCUT2D eigenvalue weighted by Crippen LogP contribution is -2.29. The smallest absolute Gasteiger partial charge is 0.462 e. The van der Waals surface area contributed by atoms with E-state index in [-0.39, 0.29) is 32.6 Å². The van der Waals surface area contributed by atoms with Gasteiger partial charge in [0.2, 0.25) is 0 Å². The van der Waals surface area contributed by atoms with Crippen LogP contribution in [0.5, 0.6) is 0 Å². The molecule has 49 heavy (non-hydrogen) atoms. The fourth-order valence-electron chi connectivity index (χ4n) is 4.66. The van der Waals surface area contributed by atoms with Crippen molar-refractivity contribution < 1.29 is 37.6 Å². The maximum Gasteiger partial charge on any atom is 0.472 e. The van der Waals surface area contributed by atoms with Crippen LogP contribution in [0.4, 0.5) is 0 Å². The van der Waals surface area contributed by atoms with E-state index in [1.807, 2.05) is 0 Å². The highest BCUT2D eigenvalue weighted by Gasteiger charge is 2.25. The first-order valence-electron chi connectivity index (χ1n) is 18.8. The molecule has 0 heterocycles. The van der Waals surface area contributed by atoms with E-state index in [0.717, 1.165) is 70.6 Å². The molecule has 0 aromatic carbocycles.